The van der Waals surface area contributed by atoms with Crippen LogP contribution >= 0.6 is 0 Å². The fraction of sp³-hybridized carbons (Fsp3) is 0.882. The second kappa shape index (κ2) is 60.4. The summed E-state index contributed by atoms with van der Waals surface area (Å²) in [7, 11) is 0. The summed E-state index contributed by atoms with van der Waals surface area (Å²) in [4.78, 5) is 55.3. The van der Waals surface area contributed by atoms with Gasteiger partial charge in [-0.1, -0.05) is 233 Å². The molecule has 10 nitrogen and oxygen atoms in total. The summed E-state index contributed by atoms with van der Waals surface area (Å²) in [6, 6.07) is 0. The van der Waals surface area contributed by atoms with Crippen molar-refractivity contribution < 1.29 is 38.1 Å². The number of likely N-dealkylation sites (N-methyl/N-ethyl adjacent to an activating group) is 1. The van der Waals surface area contributed by atoms with Crippen molar-refractivity contribution in [2.45, 2.75) is 336 Å². The first-order valence-corrected chi connectivity index (χ1v) is 33.7. The van der Waals surface area contributed by atoms with E-state index in [4.69, 9.17) is 18.9 Å². The van der Waals surface area contributed by atoms with Crippen molar-refractivity contribution in [1.29, 1.82) is 0 Å². The zero-order valence-electron chi connectivity index (χ0n) is 52.4. The van der Waals surface area contributed by atoms with Gasteiger partial charge in [-0.15, -0.1) is 0 Å². The van der Waals surface area contributed by atoms with Crippen LogP contribution in [0.15, 0.2) is 24.3 Å². The minimum Gasteiger partial charge on any atom is -0.466 e. The molecule has 0 bridgehead atoms. The van der Waals surface area contributed by atoms with Crippen LogP contribution in [0, 0.1) is 0 Å². The third kappa shape index (κ3) is 53.9. The Morgan fingerprint density at radius 1 is 0.321 bits per heavy atom. The van der Waals surface area contributed by atoms with Gasteiger partial charge in [0.05, 0.1) is 26.1 Å². The van der Waals surface area contributed by atoms with Crippen molar-refractivity contribution in [3.05, 3.63) is 24.3 Å². The number of esters is 4. The number of nitrogens with zero attached hydrogens (tertiary/aromatic N) is 2. The third-order valence-corrected chi connectivity index (χ3v) is 15.4. The van der Waals surface area contributed by atoms with E-state index in [0.717, 1.165) is 155 Å². The molecule has 0 saturated carbocycles. The maximum Gasteiger partial charge on any atom is 0.307 e. The molecule has 0 heterocycles. The lowest BCUT2D eigenvalue weighted by Crippen LogP contribution is -2.37. The molecule has 10 heteroatoms. The number of allylic oxidation sites excluding steroid dienone is 2. The van der Waals surface area contributed by atoms with Crippen LogP contribution in [-0.2, 0) is 38.1 Å². The predicted molar refractivity (Wildman–Crippen MR) is 330 cm³/mol. The Bertz CT molecular complexity index is 1290. The van der Waals surface area contributed by atoms with Crippen molar-refractivity contribution in [2.24, 2.45) is 0 Å². The van der Waals surface area contributed by atoms with Gasteiger partial charge in [-0.3, -0.25) is 19.2 Å². The van der Waals surface area contributed by atoms with Gasteiger partial charge in [-0.25, -0.2) is 0 Å². The highest BCUT2D eigenvalue weighted by atomic mass is 16.6. The molecular formula is C68H128N2O8. The van der Waals surface area contributed by atoms with Crippen molar-refractivity contribution in [2.75, 3.05) is 52.5 Å². The Balaban J connectivity index is 4.33. The molecule has 0 radical (unpaired) electrons. The molecule has 2 unspecified atom stereocenters. The number of hydrogen-bond donors (Lipinski definition) is 0. The molecule has 78 heavy (non-hydrogen) atoms. The van der Waals surface area contributed by atoms with E-state index in [9.17, 15) is 19.2 Å². The highest BCUT2D eigenvalue weighted by molar-refractivity contribution is 5.70. The van der Waals surface area contributed by atoms with E-state index in [2.05, 4.69) is 75.6 Å². The van der Waals surface area contributed by atoms with E-state index in [-0.39, 0.29) is 36.1 Å². The molecule has 0 saturated heterocycles. The number of ether oxygens (including phenoxy) is 4. The molecule has 0 fully saturated rings. The lowest BCUT2D eigenvalue weighted by Gasteiger charge is -2.25. The Hall–Kier alpha value is -2.72. The number of carbonyl (C=O) groups is 4. The Morgan fingerprint density at radius 3 is 1.01 bits per heavy atom. The van der Waals surface area contributed by atoms with Gasteiger partial charge in [-0.2, -0.15) is 0 Å². The Kier molecular flexibility index (Phi) is 58.3. The Labute approximate surface area is 482 Å². The maximum atomic E-state index is 12.7. The molecule has 0 aromatic carbocycles. The molecule has 0 aliphatic rings. The highest BCUT2D eigenvalue weighted by Gasteiger charge is 2.16. The van der Waals surface area contributed by atoms with Crippen LogP contribution in [0.1, 0.15) is 324 Å². The molecule has 0 aliphatic heterocycles. The first kappa shape index (κ1) is 75.3. The van der Waals surface area contributed by atoms with Gasteiger partial charge in [0.2, 0.25) is 0 Å². The van der Waals surface area contributed by atoms with Gasteiger partial charge in [0.25, 0.3) is 0 Å². The molecule has 0 N–H and O–H groups in total. The van der Waals surface area contributed by atoms with Crippen molar-refractivity contribution in [3.8, 4) is 0 Å². The zero-order chi connectivity index (χ0) is 57.0. The second-order valence-corrected chi connectivity index (χ2v) is 22.7. The van der Waals surface area contributed by atoms with Crippen LogP contribution in [0.4, 0.5) is 0 Å². The lowest BCUT2D eigenvalue weighted by molar-refractivity contribution is -0.150. The van der Waals surface area contributed by atoms with E-state index >= 15 is 0 Å². The minimum atomic E-state index is -0.162. The summed E-state index contributed by atoms with van der Waals surface area (Å²) < 4.78 is 23.2. The van der Waals surface area contributed by atoms with Gasteiger partial charge in [-0.05, 0) is 90.1 Å². The molecule has 0 rings (SSSR count). The zero-order valence-corrected chi connectivity index (χ0v) is 52.4. The molecule has 0 amide bonds. The topological polar surface area (TPSA) is 112 Å². The molecular weight excluding hydrogens is 973 g/mol. The van der Waals surface area contributed by atoms with Crippen LogP contribution in [0.2, 0.25) is 0 Å². The van der Waals surface area contributed by atoms with Gasteiger partial charge >= 0.3 is 23.9 Å². The monoisotopic (exact) mass is 1100 g/mol. The summed E-state index contributed by atoms with van der Waals surface area (Å²) in [6.45, 7) is 19.0. The highest BCUT2D eigenvalue weighted by Crippen LogP contribution is 2.18. The van der Waals surface area contributed by atoms with Gasteiger partial charge in [0.1, 0.15) is 12.2 Å². The quantitative estimate of drug-likeness (QED) is 0.0253. The standard InChI is InChI=1S/C68H128N2O8/c1-7-13-17-21-29-37-45-53-67(73)77-63(49-41-19-15-9-3)51-43-35-31-25-23-27-33-39-47-61-75-65(71)55-57-70(60-59-69(11-5)12-6)58-56-66(72)76-62-48-40-34-28-24-26-32-36-44-52-64(50-42-20-16-10-4)78-68(74)54-46-38-30-22-18-14-8-2/h35-36,43-44,63-64H,7-34,37-42,45-62H2,1-6H3/b43-35-,44-36-. The largest absolute Gasteiger partial charge is 0.466 e. The molecule has 2 atom stereocenters. The number of unbranched alkanes of at least 4 members (excludes halogenated alkanes) is 30. The molecule has 0 aliphatic carbocycles. The minimum absolute atomic E-state index is 0.00490. The number of carbonyl (C=O) groups excluding carboxylic acids is 4. The molecule has 0 aromatic heterocycles. The lowest BCUT2D eigenvalue weighted by atomic mass is 10.1. The van der Waals surface area contributed by atoms with E-state index in [0.29, 0.717) is 52.0 Å². The first-order chi connectivity index (χ1) is 38.2. The Morgan fingerprint density at radius 2 is 0.641 bits per heavy atom. The van der Waals surface area contributed by atoms with Gasteiger partial charge in [0.15, 0.2) is 0 Å². The smallest absolute Gasteiger partial charge is 0.307 e. The van der Waals surface area contributed by atoms with Crippen molar-refractivity contribution >= 4 is 23.9 Å². The molecule has 0 spiro atoms. The van der Waals surface area contributed by atoms with Crippen molar-refractivity contribution in [3.63, 3.8) is 0 Å². The van der Waals surface area contributed by atoms with Crippen molar-refractivity contribution in [1.82, 2.24) is 9.80 Å². The van der Waals surface area contributed by atoms with Crippen LogP contribution in [-0.4, -0.2) is 98.4 Å². The van der Waals surface area contributed by atoms with Gasteiger partial charge in [0, 0.05) is 51.9 Å². The van der Waals surface area contributed by atoms with E-state index < -0.39 is 0 Å². The summed E-state index contributed by atoms with van der Waals surface area (Å²) in [5, 5.41) is 0. The van der Waals surface area contributed by atoms with E-state index in [1.807, 2.05) is 0 Å². The SMILES string of the molecule is CCCCCCCCCC(=O)OC(C/C=C\CCCCCCCCOC(=O)CCN(CCC(=O)OCCCCCCCC/C=C\CC(CCCCCC)OC(=O)CCCCCCCCC)CCN(CC)CC)CCCCCC. The second-order valence-electron chi connectivity index (χ2n) is 22.7. The molecule has 0 aromatic rings. The summed E-state index contributed by atoms with van der Waals surface area (Å²) in [5.41, 5.74) is 0. The fourth-order valence-corrected chi connectivity index (χ4v) is 10.0. The van der Waals surface area contributed by atoms with Crippen LogP contribution < -0.4 is 0 Å². The predicted octanol–water partition coefficient (Wildman–Crippen LogP) is 18.9. The van der Waals surface area contributed by atoms with Crippen LogP contribution in [0.5, 0.6) is 0 Å². The summed E-state index contributed by atoms with van der Waals surface area (Å²) >= 11 is 0. The van der Waals surface area contributed by atoms with Crippen LogP contribution in [0.25, 0.3) is 0 Å². The van der Waals surface area contributed by atoms with E-state index in [1.54, 1.807) is 0 Å². The number of hydrogen-bond acceptors (Lipinski definition) is 10. The first-order valence-electron chi connectivity index (χ1n) is 33.7. The summed E-state index contributed by atoms with van der Waals surface area (Å²) in [5.74, 6) is -0.360. The van der Waals surface area contributed by atoms with E-state index in [1.165, 1.54) is 128 Å². The maximum absolute atomic E-state index is 12.7. The third-order valence-electron chi connectivity index (χ3n) is 15.4. The normalized spacial score (nSPS) is 12.6. The average molecular weight is 1100 g/mol. The number of rotatable bonds is 61. The van der Waals surface area contributed by atoms with Gasteiger partial charge < -0.3 is 28.7 Å². The molecule has 458 valence electrons. The van der Waals surface area contributed by atoms with Crippen LogP contribution in [0.3, 0.4) is 0 Å². The fourth-order valence-electron chi connectivity index (χ4n) is 10.0. The average Bonchev–Trinajstić information content (AvgIpc) is 3.43. The summed E-state index contributed by atoms with van der Waals surface area (Å²) in [6.07, 6.45) is 56.2.